The average Bonchev–Trinajstić information content (AvgIpc) is 2.53. The summed E-state index contributed by atoms with van der Waals surface area (Å²) in [6, 6.07) is 1.74. The summed E-state index contributed by atoms with van der Waals surface area (Å²) in [5, 5.41) is 0. The van der Waals surface area contributed by atoms with Crippen LogP contribution in [0.15, 0.2) is 10.9 Å². The fourth-order valence-corrected chi connectivity index (χ4v) is 3.62. The largest absolute Gasteiger partial charge is 0.338 e. The normalized spacial score (nSPS) is 20.2. The molecule has 1 aromatic heterocycles. The molecule has 6 heteroatoms. The molecule has 24 heavy (non-hydrogen) atoms. The van der Waals surface area contributed by atoms with E-state index in [1.54, 1.807) is 11.0 Å². The minimum atomic E-state index is -0.259. The highest BCUT2D eigenvalue weighted by Gasteiger charge is 2.33. The number of carbonyl (C=O) groups is 1. The van der Waals surface area contributed by atoms with E-state index in [0.717, 1.165) is 63.5 Å². The number of likely N-dealkylation sites (N-methyl/N-ethyl adjacent to an activating group) is 1. The Morgan fingerprint density at radius 1 is 1.25 bits per heavy atom. The Morgan fingerprint density at radius 3 is 2.54 bits per heavy atom. The van der Waals surface area contributed by atoms with Gasteiger partial charge in [0.15, 0.2) is 0 Å². The van der Waals surface area contributed by atoms with Crippen LogP contribution in [-0.2, 0) is 6.42 Å². The topological polar surface area (TPSA) is 59.7 Å². The summed E-state index contributed by atoms with van der Waals surface area (Å²) in [6.45, 7) is 11.0. The van der Waals surface area contributed by atoms with Crippen molar-refractivity contribution in [3.8, 4) is 0 Å². The molecule has 0 atom stereocenters. The zero-order valence-electron chi connectivity index (χ0n) is 15.0. The van der Waals surface area contributed by atoms with E-state index in [1.165, 1.54) is 0 Å². The Morgan fingerprint density at radius 2 is 1.92 bits per heavy atom. The van der Waals surface area contributed by atoms with Gasteiger partial charge in [-0.15, -0.1) is 0 Å². The number of pyridine rings is 1. The lowest BCUT2D eigenvalue weighted by atomic mass is 9.97. The molecule has 3 heterocycles. The van der Waals surface area contributed by atoms with Gasteiger partial charge in [0.2, 0.25) is 0 Å². The summed E-state index contributed by atoms with van der Waals surface area (Å²) in [6.07, 6.45) is 0.770. The van der Waals surface area contributed by atoms with Gasteiger partial charge in [0.25, 0.3) is 11.5 Å². The first-order valence-electron chi connectivity index (χ1n) is 8.91. The molecule has 0 unspecified atom stereocenters. The van der Waals surface area contributed by atoms with Crippen LogP contribution in [0.3, 0.4) is 0 Å². The maximum absolute atomic E-state index is 12.6. The molecule has 0 radical (unpaired) electrons. The second kappa shape index (κ2) is 7.07. The molecule has 132 valence electrons. The van der Waals surface area contributed by atoms with Gasteiger partial charge in [-0.25, -0.2) is 0 Å². The summed E-state index contributed by atoms with van der Waals surface area (Å²) in [4.78, 5) is 34.2. The maximum Gasteiger partial charge on any atom is 0.261 e. The molecule has 2 aliphatic heterocycles. The van der Waals surface area contributed by atoms with Crippen LogP contribution < -0.4 is 5.56 Å². The van der Waals surface area contributed by atoms with Gasteiger partial charge in [0.1, 0.15) is 5.56 Å². The first-order chi connectivity index (χ1) is 11.5. The van der Waals surface area contributed by atoms with Crippen LogP contribution in [0.25, 0.3) is 0 Å². The molecule has 0 aromatic carbocycles. The number of aryl methyl sites for hydroxylation is 2. The van der Waals surface area contributed by atoms with Crippen molar-refractivity contribution in [2.24, 2.45) is 5.92 Å². The molecule has 1 aromatic rings. The van der Waals surface area contributed by atoms with Gasteiger partial charge in [-0.05, 0) is 32.0 Å². The summed E-state index contributed by atoms with van der Waals surface area (Å²) >= 11 is 0. The van der Waals surface area contributed by atoms with Gasteiger partial charge in [-0.3, -0.25) is 9.59 Å². The van der Waals surface area contributed by atoms with Crippen molar-refractivity contribution < 1.29 is 4.79 Å². The number of rotatable bonds is 4. The van der Waals surface area contributed by atoms with E-state index >= 15 is 0 Å². The first-order valence-corrected chi connectivity index (χ1v) is 8.91. The number of nitrogens with one attached hydrogen (secondary N) is 1. The second-order valence-corrected chi connectivity index (χ2v) is 7.21. The van der Waals surface area contributed by atoms with E-state index in [2.05, 4.69) is 21.8 Å². The predicted molar refractivity (Wildman–Crippen MR) is 94.5 cm³/mol. The standard InChI is InChI=1S/C18H28N4O2/c1-4-16-13(2)9-15(17(23)19-16)18(24)22-11-14(12-22)10-21-7-5-20(3)6-8-21/h9,14H,4-8,10-12H2,1-3H3,(H,19,23). The number of hydrogen-bond donors (Lipinski definition) is 1. The summed E-state index contributed by atoms with van der Waals surface area (Å²) < 4.78 is 0. The fourth-order valence-electron chi connectivity index (χ4n) is 3.62. The van der Waals surface area contributed by atoms with Crippen molar-refractivity contribution >= 4 is 5.91 Å². The van der Waals surface area contributed by atoms with Crippen LogP contribution in [0, 0.1) is 12.8 Å². The number of piperazine rings is 1. The Labute approximate surface area is 143 Å². The number of hydrogen-bond acceptors (Lipinski definition) is 4. The number of likely N-dealkylation sites (tertiary alicyclic amines) is 1. The number of aromatic amines is 1. The predicted octanol–water partition coefficient (Wildman–Crippen LogP) is 0.565. The lowest BCUT2D eigenvalue weighted by Crippen LogP contribution is -2.56. The molecule has 2 saturated heterocycles. The van der Waals surface area contributed by atoms with E-state index in [-0.39, 0.29) is 17.0 Å². The maximum atomic E-state index is 12.6. The molecule has 2 aliphatic rings. The Hall–Kier alpha value is -1.66. The smallest absolute Gasteiger partial charge is 0.261 e. The molecule has 0 aliphatic carbocycles. The van der Waals surface area contributed by atoms with E-state index in [0.29, 0.717) is 5.92 Å². The van der Waals surface area contributed by atoms with Crippen LogP contribution in [0.5, 0.6) is 0 Å². The van der Waals surface area contributed by atoms with Crippen LogP contribution in [0.2, 0.25) is 0 Å². The summed E-state index contributed by atoms with van der Waals surface area (Å²) in [5.74, 6) is 0.407. The zero-order valence-corrected chi connectivity index (χ0v) is 15.0. The van der Waals surface area contributed by atoms with E-state index < -0.39 is 0 Å². The van der Waals surface area contributed by atoms with Gasteiger partial charge < -0.3 is 19.7 Å². The number of H-pyrrole nitrogens is 1. The SMILES string of the molecule is CCc1[nH]c(=O)c(C(=O)N2CC(CN3CCN(C)CC3)C2)cc1C. The van der Waals surface area contributed by atoms with E-state index in [9.17, 15) is 9.59 Å². The molecule has 3 rings (SSSR count). The van der Waals surface area contributed by atoms with Crippen LogP contribution in [0.1, 0.15) is 28.5 Å². The van der Waals surface area contributed by atoms with Crippen molar-refractivity contribution in [1.29, 1.82) is 0 Å². The van der Waals surface area contributed by atoms with Crippen molar-refractivity contribution in [3.63, 3.8) is 0 Å². The van der Waals surface area contributed by atoms with Crippen molar-refractivity contribution in [1.82, 2.24) is 19.7 Å². The van der Waals surface area contributed by atoms with Gasteiger partial charge in [-0.1, -0.05) is 6.92 Å². The number of aromatic nitrogens is 1. The molecule has 2 fully saturated rings. The Bertz CT molecular complexity index is 655. The lowest BCUT2D eigenvalue weighted by molar-refractivity contribution is 0.0357. The molecular weight excluding hydrogens is 304 g/mol. The minimum Gasteiger partial charge on any atom is -0.338 e. The van der Waals surface area contributed by atoms with Crippen molar-refractivity contribution in [3.05, 3.63) is 33.2 Å². The van der Waals surface area contributed by atoms with Gasteiger partial charge >= 0.3 is 0 Å². The molecule has 1 amide bonds. The summed E-state index contributed by atoms with van der Waals surface area (Å²) in [5.41, 5.74) is 1.91. The average molecular weight is 332 g/mol. The molecule has 0 spiro atoms. The third-order valence-electron chi connectivity index (χ3n) is 5.29. The van der Waals surface area contributed by atoms with E-state index in [4.69, 9.17) is 0 Å². The highest BCUT2D eigenvalue weighted by atomic mass is 16.2. The van der Waals surface area contributed by atoms with Gasteiger partial charge in [-0.2, -0.15) is 0 Å². The molecule has 6 nitrogen and oxygen atoms in total. The Kier molecular flexibility index (Phi) is 5.06. The molecule has 1 N–H and O–H groups in total. The Balaban J connectivity index is 1.55. The molecule has 0 bridgehead atoms. The van der Waals surface area contributed by atoms with Gasteiger partial charge in [0.05, 0.1) is 0 Å². The van der Waals surface area contributed by atoms with Gasteiger partial charge in [0, 0.05) is 57.4 Å². The molecule has 0 saturated carbocycles. The van der Waals surface area contributed by atoms with Crippen LogP contribution in [-0.4, -0.2) is 78.5 Å². The minimum absolute atomic E-state index is 0.128. The number of carbonyl (C=O) groups excluding carboxylic acids is 1. The van der Waals surface area contributed by atoms with E-state index in [1.807, 2.05) is 13.8 Å². The first kappa shape index (κ1) is 17.2. The lowest BCUT2D eigenvalue weighted by Gasteiger charge is -2.43. The van der Waals surface area contributed by atoms with Crippen molar-refractivity contribution in [2.45, 2.75) is 20.3 Å². The number of nitrogens with zero attached hydrogens (tertiary/aromatic N) is 3. The van der Waals surface area contributed by atoms with Crippen LogP contribution in [0.4, 0.5) is 0 Å². The fraction of sp³-hybridized carbons (Fsp3) is 0.667. The number of amides is 1. The van der Waals surface area contributed by atoms with Crippen LogP contribution >= 0.6 is 0 Å². The third kappa shape index (κ3) is 3.54. The monoisotopic (exact) mass is 332 g/mol. The second-order valence-electron chi connectivity index (χ2n) is 7.21. The summed E-state index contributed by atoms with van der Waals surface area (Å²) in [7, 11) is 2.16. The molecular formula is C18H28N4O2. The highest BCUT2D eigenvalue weighted by Crippen LogP contribution is 2.20. The zero-order chi connectivity index (χ0) is 17.3. The highest BCUT2D eigenvalue weighted by molar-refractivity contribution is 5.94. The third-order valence-corrected chi connectivity index (χ3v) is 5.29. The quantitative estimate of drug-likeness (QED) is 0.876. The van der Waals surface area contributed by atoms with Crippen molar-refractivity contribution in [2.75, 3.05) is 52.9 Å².